The molecule has 1 aliphatic heterocycles. The third-order valence-corrected chi connectivity index (χ3v) is 3.99. The highest BCUT2D eigenvalue weighted by Gasteiger charge is 2.23. The van der Waals surface area contributed by atoms with E-state index < -0.39 is 11.6 Å². The summed E-state index contributed by atoms with van der Waals surface area (Å²) in [5, 5.41) is 0. The van der Waals surface area contributed by atoms with Crippen molar-refractivity contribution in [3.8, 4) is 11.3 Å². The first kappa shape index (κ1) is 12.7. The van der Waals surface area contributed by atoms with E-state index in [0.717, 1.165) is 24.6 Å². The van der Waals surface area contributed by atoms with Crippen LogP contribution in [0.1, 0.15) is 12.1 Å². The Balaban J connectivity index is 2.11. The van der Waals surface area contributed by atoms with Gasteiger partial charge in [-0.25, -0.2) is 13.8 Å². The number of rotatable bonds is 1. The van der Waals surface area contributed by atoms with E-state index in [9.17, 15) is 8.78 Å². The summed E-state index contributed by atoms with van der Waals surface area (Å²) in [6.07, 6.45) is 1.66. The molecule has 2 heterocycles. The van der Waals surface area contributed by atoms with Crippen LogP contribution in [-0.2, 0) is 13.0 Å². The van der Waals surface area contributed by atoms with Gasteiger partial charge in [0, 0.05) is 23.8 Å². The summed E-state index contributed by atoms with van der Waals surface area (Å²) >= 11 is 3.39. The van der Waals surface area contributed by atoms with Crippen LogP contribution in [0, 0.1) is 11.6 Å². The summed E-state index contributed by atoms with van der Waals surface area (Å²) in [5.74, 6) is -1.71. The first-order valence-corrected chi connectivity index (χ1v) is 6.81. The number of fused-ring (bicyclic) bond motifs is 1. The van der Waals surface area contributed by atoms with Crippen LogP contribution in [0.4, 0.5) is 8.78 Å². The highest BCUT2D eigenvalue weighted by Crippen LogP contribution is 2.31. The zero-order valence-corrected chi connectivity index (χ0v) is 11.6. The number of aromatic nitrogens is 2. The third-order valence-electron chi connectivity index (χ3n) is 3.39. The number of nitrogens with two attached hydrogens (primary N) is 1. The molecule has 3 nitrogen and oxygen atoms in total. The van der Waals surface area contributed by atoms with Crippen molar-refractivity contribution in [3.05, 3.63) is 40.3 Å². The fraction of sp³-hybridized carbons (Fsp3) is 0.308. The molecule has 2 aromatic rings. The lowest BCUT2D eigenvalue weighted by Gasteiger charge is -2.21. The van der Waals surface area contributed by atoms with Gasteiger partial charge in [0.25, 0.3) is 0 Å². The topological polar surface area (TPSA) is 43.8 Å². The van der Waals surface area contributed by atoms with Crippen LogP contribution in [0.2, 0.25) is 0 Å². The molecule has 0 spiro atoms. The summed E-state index contributed by atoms with van der Waals surface area (Å²) in [6, 6.07) is 3.96. The molecule has 0 fully saturated rings. The molecule has 0 saturated carbocycles. The van der Waals surface area contributed by atoms with Crippen molar-refractivity contribution in [3.63, 3.8) is 0 Å². The van der Waals surface area contributed by atoms with Gasteiger partial charge in [0.2, 0.25) is 0 Å². The lowest BCUT2D eigenvalue weighted by molar-refractivity contribution is 0.455. The Bertz CT molecular complexity index is 639. The normalized spacial score (nSPS) is 18.4. The van der Waals surface area contributed by atoms with Crippen LogP contribution < -0.4 is 5.73 Å². The summed E-state index contributed by atoms with van der Waals surface area (Å²) < 4.78 is 29.0. The average molecular weight is 328 g/mol. The molecule has 1 aromatic carbocycles. The zero-order chi connectivity index (χ0) is 13.6. The molecule has 19 heavy (non-hydrogen) atoms. The minimum atomic E-state index is -0.858. The summed E-state index contributed by atoms with van der Waals surface area (Å²) in [7, 11) is 0. The van der Waals surface area contributed by atoms with Crippen LogP contribution in [0.5, 0.6) is 0 Å². The standard InChI is InChI=1S/C13H12BrF2N3/c14-13-18-12(7-1-3-9(15)10(16)5-7)11-4-2-8(17)6-19(11)13/h1,3,5,8H,2,4,6,17H2. The van der Waals surface area contributed by atoms with Gasteiger partial charge in [-0.1, -0.05) is 0 Å². The van der Waals surface area contributed by atoms with Crippen LogP contribution in [-0.4, -0.2) is 15.6 Å². The number of halogens is 3. The maximum atomic E-state index is 13.3. The highest BCUT2D eigenvalue weighted by molar-refractivity contribution is 9.10. The second-order valence-electron chi connectivity index (χ2n) is 4.71. The molecule has 100 valence electrons. The van der Waals surface area contributed by atoms with Crippen molar-refractivity contribution in [2.45, 2.75) is 25.4 Å². The van der Waals surface area contributed by atoms with E-state index in [-0.39, 0.29) is 6.04 Å². The molecule has 0 aliphatic carbocycles. The van der Waals surface area contributed by atoms with E-state index in [0.29, 0.717) is 22.5 Å². The Hall–Kier alpha value is -1.27. The summed E-state index contributed by atoms with van der Waals surface area (Å²) in [6.45, 7) is 0.687. The Morgan fingerprint density at radius 1 is 1.32 bits per heavy atom. The van der Waals surface area contributed by atoms with Gasteiger partial charge >= 0.3 is 0 Å². The molecule has 1 atom stereocenters. The van der Waals surface area contributed by atoms with Crippen molar-refractivity contribution < 1.29 is 8.78 Å². The third kappa shape index (κ3) is 2.19. The first-order chi connectivity index (χ1) is 9.06. The van der Waals surface area contributed by atoms with E-state index in [4.69, 9.17) is 5.73 Å². The van der Waals surface area contributed by atoms with Gasteiger partial charge in [-0.05, 0) is 47.0 Å². The molecule has 0 saturated heterocycles. The molecule has 1 aromatic heterocycles. The van der Waals surface area contributed by atoms with Gasteiger partial charge in [-0.2, -0.15) is 0 Å². The number of imidazole rings is 1. The SMILES string of the molecule is NC1CCc2c(-c3ccc(F)c(F)c3)nc(Br)n2C1. The van der Waals surface area contributed by atoms with Crippen LogP contribution in [0.25, 0.3) is 11.3 Å². The molecule has 1 unspecified atom stereocenters. The molecule has 3 rings (SSSR count). The fourth-order valence-corrected chi connectivity index (χ4v) is 2.95. The Kier molecular flexibility index (Phi) is 3.14. The van der Waals surface area contributed by atoms with Crippen molar-refractivity contribution in [1.82, 2.24) is 9.55 Å². The second kappa shape index (κ2) is 4.68. The lowest BCUT2D eigenvalue weighted by Crippen LogP contribution is -2.31. The van der Waals surface area contributed by atoms with Gasteiger partial charge < -0.3 is 10.3 Å². The molecule has 1 aliphatic rings. The minimum Gasteiger partial charge on any atom is -0.326 e. The van der Waals surface area contributed by atoms with Crippen molar-refractivity contribution >= 4 is 15.9 Å². The molecular formula is C13H12BrF2N3. The maximum absolute atomic E-state index is 13.3. The molecule has 2 N–H and O–H groups in total. The van der Waals surface area contributed by atoms with Gasteiger partial charge in [-0.15, -0.1) is 0 Å². The van der Waals surface area contributed by atoms with Gasteiger partial charge in [-0.3, -0.25) is 0 Å². The Labute approximate surface area is 117 Å². The second-order valence-corrected chi connectivity index (χ2v) is 5.42. The fourth-order valence-electron chi connectivity index (χ4n) is 2.42. The average Bonchev–Trinajstić information content (AvgIpc) is 2.70. The molecule has 0 amide bonds. The van der Waals surface area contributed by atoms with Crippen molar-refractivity contribution in [1.29, 1.82) is 0 Å². The summed E-state index contributed by atoms with van der Waals surface area (Å²) in [4.78, 5) is 4.40. The summed E-state index contributed by atoms with van der Waals surface area (Å²) in [5.41, 5.74) is 8.22. The van der Waals surface area contributed by atoms with Crippen LogP contribution >= 0.6 is 15.9 Å². The Morgan fingerprint density at radius 3 is 2.84 bits per heavy atom. The van der Waals surface area contributed by atoms with E-state index in [2.05, 4.69) is 20.9 Å². The monoisotopic (exact) mass is 327 g/mol. The number of benzene rings is 1. The smallest absolute Gasteiger partial charge is 0.177 e. The molecule has 0 radical (unpaired) electrons. The van der Waals surface area contributed by atoms with E-state index in [1.807, 2.05) is 4.57 Å². The quantitative estimate of drug-likeness (QED) is 0.875. The zero-order valence-electron chi connectivity index (χ0n) is 10.0. The number of hydrogen-bond donors (Lipinski definition) is 1. The lowest BCUT2D eigenvalue weighted by atomic mass is 10.0. The number of nitrogens with zero attached hydrogens (tertiary/aromatic N) is 2. The van der Waals surface area contributed by atoms with Gasteiger partial charge in [0.05, 0.1) is 5.69 Å². The predicted molar refractivity (Wildman–Crippen MR) is 71.6 cm³/mol. The molecular weight excluding hydrogens is 316 g/mol. The maximum Gasteiger partial charge on any atom is 0.177 e. The minimum absolute atomic E-state index is 0.107. The van der Waals surface area contributed by atoms with Crippen LogP contribution in [0.3, 0.4) is 0 Å². The van der Waals surface area contributed by atoms with Gasteiger partial charge in [0.1, 0.15) is 0 Å². The highest BCUT2D eigenvalue weighted by atomic mass is 79.9. The van der Waals surface area contributed by atoms with Crippen molar-refractivity contribution in [2.75, 3.05) is 0 Å². The first-order valence-electron chi connectivity index (χ1n) is 6.02. The van der Waals surface area contributed by atoms with Crippen molar-refractivity contribution in [2.24, 2.45) is 5.73 Å². The Morgan fingerprint density at radius 2 is 2.11 bits per heavy atom. The van der Waals surface area contributed by atoms with Gasteiger partial charge in [0.15, 0.2) is 16.4 Å². The van der Waals surface area contributed by atoms with Crippen LogP contribution in [0.15, 0.2) is 22.9 Å². The predicted octanol–water partition coefficient (Wildman–Crippen LogP) is 2.86. The van der Waals surface area contributed by atoms with E-state index in [1.54, 1.807) is 6.07 Å². The van der Waals surface area contributed by atoms with E-state index >= 15 is 0 Å². The van der Waals surface area contributed by atoms with E-state index in [1.165, 1.54) is 6.07 Å². The largest absolute Gasteiger partial charge is 0.326 e. The molecule has 0 bridgehead atoms. The number of hydrogen-bond acceptors (Lipinski definition) is 2. The molecule has 6 heteroatoms.